The highest BCUT2D eigenvalue weighted by molar-refractivity contribution is 5.96. The maximum absolute atomic E-state index is 11.9. The van der Waals surface area contributed by atoms with Crippen molar-refractivity contribution in [3.63, 3.8) is 0 Å². The lowest BCUT2D eigenvalue weighted by Crippen LogP contribution is -2.53. The highest BCUT2D eigenvalue weighted by Gasteiger charge is 2.31. The van der Waals surface area contributed by atoms with Crippen molar-refractivity contribution in [3.8, 4) is 0 Å². The van der Waals surface area contributed by atoms with Crippen LogP contribution < -0.4 is 21.7 Å². The van der Waals surface area contributed by atoms with E-state index in [9.17, 15) is 24.0 Å². The predicted octanol–water partition coefficient (Wildman–Crippen LogP) is -3.17. The minimum Gasteiger partial charge on any atom is -0.480 e. The maximum atomic E-state index is 11.9. The van der Waals surface area contributed by atoms with Crippen molar-refractivity contribution in [2.24, 2.45) is 5.73 Å². The molecule has 0 radical (unpaired) electrons. The zero-order valence-corrected chi connectivity index (χ0v) is 11.0. The number of carboxylic acids is 1. The van der Waals surface area contributed by atoms with Crippen LogP contribution >= 0.6 is 0 Å². The number of primary amides is 1. The molecule has 0 saturated carbocycles. The number of nitrogens with two attached hydrogens (primary N) is 1. The van der Waals surface area contributed by atoms with Gasteiger partial charge in [0.15, 0.2) is 0 Å². The monoisotopic (exact) mass is 300 g/mol. The average molecular weight is 300 g/mol. The molecule has 4 amide bonds. The van der Waals surface area contributed by atoms with Crippen LogP contribution in [0, 0.1) is 0 Å². The zero-order valence-electron chi connectivity index (χ0n) is 11.0. The standard InChI is InChI=1S/C11H16N4O6/c12-7(16)3-6(10(20)13-4-9(18)19)15-11(21)5-1-2-8(17)14-5/h5-6H,1-4H2,(H2,12,16)(H,13,20)(H,14,17)(H,15,21)(H,18,19)/t5-,6+/m0/s1. The Morgan fingerprint density at radius 2 is 2.05 bits per heavy atom. The molecule has 1 saturated heterocycles. The van der Waals surface area contributed by atoms with Crippen LogP contribution in [0.15, 0.2) is 0 Å². The van der Waals surface area contributed by atoms with Gasteiger partial charge in [-0.25, -0.2) is 0 Å². The van der Waals surface area contributed by atoms with E-state index in [1.807, 2.05) is 5.32 Å². The Kier molecular flexibility index (Phi) is 5.64. The van der Waals surface area contributed by atoms with E-state index in [0.717, 1.165) is 0 Å². The van der Waals surface area contributed by atoms with Crippen LogP contribution in [-0.4, -0.2) is 53.3 Å². The number of aliphatic carboxylic acids is 1. The molecule has 0 bridgehead atoms. The van der Waals surface area contributed by atoms with Crippen molar-refractivity contribution in [1.29, 1.82) is 0 Å². The van der Waals surface area contributed by atoms with Gasteiger partial charge in [0, 0.05) is 6.42 Å². The number of carbonyl (C=O) groups excluding carboxylic acids is 4. The molecule has 2 atom stereocenters. The fourth-order valence-corrected chi connectivity index (χ4v) is 1.78. The molecule has 6 N–H and O–H groups in total. The molecule has 0 unspecified atom stereocenters. The number of carbonyl (C=O) groups is 5. The van der Waals surface area contributed by atoms with Gasteiger partial charge in [0.2, 0.25) is 23.6 Å². The van der Waals surface area contributed by atoms with Gasteiger partial charge in [0.1, 0.15) is 18.6 Å². The van der Waals surface area contributed by atoms with Crippen LogP contribution in [0.4, 0.5) is 0 Å². The van der Waals surface area contributed by atoms with Crippen LogP contribution in [0.3, 0.4) is 0 Å². The quantitative estimate of drug-likeness (QED) is 0.332. The minimum atomic E-state index is -1.29. The number of hydrogen-bond donors (Lipinski definition) is 5. The second-order valence-electron chi connectivity index (χ2n) is 4.50. The Morgan fingerprint density at radius 1 is 1.38 bits per heavy atom. The first-order valence-electron chi connectivity index (χ1n) is 6.17. The molecule has 0 aromatic heterocycles. The molecule has 10 nitrogen and oxygen atoms in total. The minimum absolute atomic E-state index is 0.198. The first-order chi connectivity index (χ1) is 9.79. The Hall–Kier alpha value is -2.65. The van der Waals surface area contributed by atoms with Gasteiger partial charge in [-0.3, -0.25) is 24.0 Å². The van der Waals surface area contributed by atoms with E-state index in [1.165, 1.54) is 0 Å². The summed E-state index contributed by atoms with van der Waals surface area (Å²) in [6, 6.07) is -2.06. The molecule has 10 heteroatoms. The lowest BCUT2D eigenvalue weighted by molar-refractivity contribution is -0.138. The summed E-state index contributed by atoms with van der Waals surface area (Å²) in [6.45, 7) is -0.649. The highest BCUT2D eigenvalue weighted by Crippen LogP contribution is 2.07. The van der Waals surface area contributed by atoms with Crippen molar-refractivity contribution < 1.29 is 29.1 Å². The van der Waals surface area contributed by atoms with E-state index in [0.29, 0.717) is 0 Å². The van der Waals surface area contributed by atoms with Crippen molar-refractivity contribution >= 4 is 29.6 Å². The summed E-state index contributed by atoms with van der Waals surface area (Å²) in [5.74, 6) is -3.85. The first kappa shape index (κ1) is 16.4. The third-order valence-corrected chi connectivity index (χ3v) is 2.76. The lowest BCUT2D eigenvalue weighted by Gasteiger charge is -2.19. The summed E-state index contributed by atoms with van der Waals surface area (Å²) in [5.41, 5.74) is 4.98. The molecule has 1 heterocycles. The lowest BCUT2D eigenvalue weighted by atomic mass is 10.1. The summed E-state index contributed by atoms with van der Waals surface area (Å²) in [5, 5.41) is 15.2. The van der Waals surface area contributed by atoms with Gasteiger partial charge in [-0.2, -0.15) is 0 Å². The molecular weight excluding hydrogens is 284 g/mol. The highest BCUT2D eigenvalue weighted by atomic mass is 16.4. The molecule has 1 fully saturated rings. The number of amides is 4. The van der Waals surface area contributed by atoms with Gasteiger partial charge in [-0.15, -0.1) is 0 Å². The van der Waals surface area contributed by atoms with E-state index in [-0.39, 0.29) is 18.7 Å². The van der Waals surface area contributed by atoms with Crippen LogP contribution in [0.2, 0.25) is 0 Å². The molecule has 116 valence electrons. The molecule has 1 aliphatic heterocycles. The van der Waals surface area contributed by atoms with Crippen LogP contribution in [-0.2, 0) is 24.0 Å². The second kappa shape index (κ2) is 7.22. The van der Waals surface area contributed by atoms with Crippen molar-refractivity contribution in [2.45, 2.75) is 31.3 Å². The number of rotatable bonds is 7. The SMILES string of the molecule is NC(=O)C[C@@H](NC(=O)[C@@H]1CCC(=O)N1)C(=O)NCC(=O)O. The topological polar surface area (TPSA) is 168 Å². The molecule has 1 rings (SSSR count). The Morgan fingerprint density at radius 3 is 2.52 bits per heavy atom. The summed E-state index contributed by atoms with van der Waals surface area (Å²) in [7, 11) is 0. The molecule has 21 heavy (non-hydrogen) atoms. The van der Waals surface area contributed by atoms with Crippen molar-refractivity contribution in [2.75, 3.05) is 6.54 Å². The van der Waals surface area contributed by atoms with E-state index < -0.39 is 48.7 Å². The third kappa shape index (κ3) is 5.47. The molecular formula is C11H16N4O6. The van der Waals surface area contributed by atoms with E-state index in [1.54, 1.807) is 0 Å². The van der Waals surface area contributed by atoms with E-state index in [2.05, 4.69) is 10.6 Å². The van der Waals surface area contributed by atoms with Gasteiger partial charge in [-0.05, 0) is 6.42 Å². The normalized spacial score (nSPS) is 18.5. The second-order valence-corrected chi connectivity index (χ2v) is 4.50. The largest absolute Gasteiger partial charge is 0.480 e. The van der Waals surface area contributed by atoms with Crippen LogP contribution in [0.1, 0.15) is 19.3 Å². The van der Waals surface area contributed by atoms with Gasteiger partial charge < -0.3 is 26.8 Å². The van der Waals surface area contributed by atoms with Crippen LogP contribution in [0.25, 0.3) is 0 Å². The van der Waals surface area contributed by atoms with Gasteiger partial charge in [-0.1, -0.05) is 0 Å². The Labute approximate surface area is 119 Å². The van der Waals surface area contributed by atoms with Crippen molar-refractivity contribution in [1.82, 2.24) is 16.0 Å². The van der Waals surface area contributed by atoms with E-state index in [4.69, 9.17) is 10.8 Å². The summed E-state index contributed by atoms with van der Waals surface area (Å²) in [4.78, 5) is 55.9. The van der Waals surface area contributed by atoms with E-state index >= 15 is 0 Å². The fraction of sp³-hybridized carbons (Fsp3) is 0.545. The number of carboxylic acid groups (broad SMARTS) is 1. The van der Waals surface area contributed by atoms with Gasteiger partial charge >= 0.3 is 5.97 Å². The Bertz CT molecular complexity index is 477. The zero-order chi connectivity index (χ0) is 16.0. The van der Waals surface area contributed by atoms with Crippen molar-refractivity contribution in [3.05, 3.63) is 0 Å². The predicted molar refractivity (Wildman–Crippen MR) is 67.6 cm³/mol. The summed E-state index contributed by atoms with van der Waals surface area (Å²) >= 11 is 0. The van der Waals surface area contributed by atoms with Gasteiger partial charge in [0.25, 0.3) is 0 Å². The smallest absolute Gasteiger partial charge is 0.322 e. The van der Waals surface area contributed by atoms with Crippen LogP contribution in [0.5, 0.6) is 0 Å². The summed E-state index contributed by atoms with van der Waals surface area (Å²) in [6.07, 6.45) is 0.00629. The molecule has 0 spiro atoms. The molecule has 0 aliphatic carbocycles. The molecule has 0 aromatic carbocycles. The first-order valence-corrected chi connectivity index (χ1v) is 6.17. The number of nitrogens with one attached hydrogen (secondary N) is 3. The van der Waals surface area contributed by atoms with Gasteiger partial charge in [0.05, 0.1) is 6.42 Å². The third-order valence-electron chi connectivity index (χ3n) is 2.76. The Balaban J connectivity index is 2.62. The number of hydrogen-bond acceptors (Lipinski definition) is 5. The fourth-order valence-electron chi connectivity index (χ4n) is 1.78. The average Bonchev–Trinajstić information content (AvgIpc) is 2.81. The molecule has 1 aliphatic rings. The molecule has 0 aromatic rings. The summed E-state index contributed by atoms with van der Waals surface area (Å²) < 4.78 is 0. The maximum Gasteiger partial charge on any atom is 0.322 e.